The normalized spacial score (nSPS) is 13.9. The number of hydroxylamine groups is 1. The third-order valence-electron chi connectivity index (χ3n) is 1.92. The van der Waals surface area contributed by atoms with Crippen molar-refractivity contribution < 1.29 is 38.2 Å². The fourth-order valence-corrected chi connectivity index (χ4v) is 2.51. The predicted molar refractivity (Wildman–Crippen MR) is 77.8 cm³/mol. The summed E-state index contributed by atoms with van der Waals surface area (Å²) in [5.41, 5.74) is 1.88. The molecule has 0 aliphatic heterocycles. The molecule has 0 aromatic carbocycles. The van der Waals surface area contributed by atoms with Crippen molar-refractivity contribution in [2.75, 3.05) is 26.0 Å². The molecule has 0 rings (SSSR count). The SMILES string of the molecule is CC(=O)OC(C)=O.CCOC(=O)[C@H](C)OP(C)(=O)CCNO. The quantitative estimate of drug-likeness (QED) is 0.301. The summed E-state index contributed by atoms with van der Waals surface area (Å²) in [5, 5.41) is 8.34. The van der Waals surface area contributed by atoms with E-state index in [9.17, 15) is 18.9 Å². The molecule has 0 spiro atoms. The van der Waals surface area contributed by atoms with Crippen molar-refractivity contribution in [2.45, 2.75) is 33.8 Å². The van der Waals surface area contributed by atoms with E-state index in [1.54, 1.807) is 6.92 Å². The van der Waals surface area contributed by atoms with Gasteiger partial charge in [-0.1, -0.05) is 0 Å². The molecular weight excluding hydrogens is 317 g/mol. The topological polar surface area (TPSA) is 128 Å². The first-order valence-electron chi connectivity index (χ1n) is 6.53. The largest absolute Gasteiger partial charge is 0.464 e. The highest BCUT2D eigenvalue weighted by Gasteiger charge is 2.24. The molecule has 0 saturated heterocycles. The molecule has 0 aliphatic rings. The third kappa shape index (κ3) is 15.1. The summed E-state index contributed by atoms with van der Waals surface area (Å²) >= 11 is 0. The summed E-state index contributed by atoms with van der Waals surface area (Å²) in [4.78, 5) is 30.8. The number of carbonyl (C=O) groups is 3. The van der Waals surface area contributed by atoms with Crippen molar-refractivity contribution in [1.82, 2.24) is 5.48 Å². The molecule has 0 heterocycles. The fraction of sp³-hybridized carbons (Fsp3) is 0.750. The lowest BCUT2D eigenvalue weighted by atomic mass is 10.4. The van der Waals surface area contributed by atoms with Crippen LogP contribution in [-0.2, 0) is 32.9 Å². The van der Waals surface area contributed by atoms with Gasteiger partial charge in [-0.3, -0.25) is 14.2 Å². The number of hydrogen-bond donors (Lipinski definition) is 2. The summed E-state index contributed by atoms with van der Waals surface area (Å²) in [5.74, 6) is -1.66. The van der Waals surface area contributed by atoms with Crippen LogP contribution < -0.4 is 5.48 Å². The van der Waals surface area contributed by atoms with E-state index in [-0.39, 0.29) is 19.3 Å². The van der Waals surface area contributed by atoms with Crippen LogP contribution in [0.15, 0.2) is 0 Å². The Labute approximate surface area is 129 Å². The van der Waals surface area contributed by atoms with Gasteiger partial charge in [0.25, 0.3) is 0 Å². The average Bonchev–Trinajstić information content (AvgIpc) is 2.35. The van der Waals surface area contributed by atoms with Gasteiger partial charge in [0.05, 0.1) is 6.61 Å². The van der Waals surface area contributed by atoms with Crippen LogP contribution in [0.25, 0.3) is 0 Å². The van der Waals surface area contributed by atoms with Crippen LogP contribution in [-0.4, -0.2) is 55.2 Å². The summed E-state index contributed by atoms with van der Waals surface area (Å²) in [6.45, 7) is 7.37. The van der Waals surface area contributed by atoms with Crippen LogP contribution in [0.4, 0.5) is 0 Å². The van der Waals surface area contributed by atoms with Gasteiger partial charge in [0.1, 0.15) is 0 Å². The Hall–Kier alpha value is -1.28. The number of nitrogens with one attached hydrogen (secondary N) is 1. The minimum Gasteiger partial charge on any atom is -0.464 e. The van der Waals surface area contributed by atoms with Crippen molar-refractivity contribution >= 4 is 25.3 Å². The Bertz CT molecular complexity index is 400. The number of hydrogen-bond acceptors (Lipinski definition) is 9. The molecule has 0 saturated carbocycles. The molecule has 10 heteroatoms. The predicted octanol–water partition coefficient (Wildman–Crippen LogP) is 0.937. The summed E-state index contributed by atoms with van der Waals surface area (Å²) < 4.78 is 25.5. The van der Waals surface area contributed by atoms with Crippen LogP contribution in [0.3, 0.4) is 0 Å². The summed E-state index contributed by atoms with van der Waals surface area (Å²) in [6.07, 6.45) is -0.688. The van der Waals surface area contributed by atoms with E-state index in [1.807, 2.05) is 5.48 Å². The van der Waals surface area contributed by atoms with E-state index in [1.165, 1.54) is 27.4 Å². The molecule has 0 aromatic heterocycles. The first-order chi connectivity index (χ1) is 10.1. The molecule has 0 radical (unpaired) electrons. The minimum absolute atomic E-state index is 0.156. The zero-order valence-electron chi connectivity index (χ0n) is 13.5. The van der Waals surface area contributed by atoms with Crippen LogP contribution in [0.2, 0.25) is 0 Å². The van der Waals surface area contributed by atoms with E-state index in [4.69, 9.17) is 14.5 Å². The van der Waals surface area contributed by atoms with Gasteiger partial charge in [-0.15, -0.1) is 0 Å². The Balaban J connectivity index is 0. The first kappa shape index (κ1) is 23.0. The van der Waals surface area contributed by atoms with E-state index in [2.05, 4.69) is 4.74 Å². The Morgan fingerprint density at radius 1 is 1.23 bits per heavy atom. The lowest BCUT2D eigenvalue weighted by Gasteiger charge is -2.17. The highest BCUT2D eigenvalue weighted by Crippen LogP contribution is 2.43. The van der Waals surface area contributed by atoms with Gasteiger partial charge in [0.2, 0.25) is 7.37 Å². The van der Waals surface area contributed by atoms with Gasteiger partial charge in [0.15, 0.2) is 6.10 Å². The monoisotopic (exact) mass is 341 g/mol. The lowest BCUT2D eigenvalue weighted by Crippen LogP contribution is -2.24. The second kappa shape index (κ2) is 12.3. The maximum absolute atomic E-state index is 11.7. The molecule has 9 nitrogen and oxygen atoms in total. The van der Waals surface area contributed by atoms with Crippen molar-refractivity contribution in [3.05, 3.63) is 0 Å². The van der Waals surface area contributed by atoms with Gasteiger partial charge in [-0.25, -0.2) is 10.3 Å². The second-order valence-corrected chi connectivity index (χ2v) is 6.92. The number of rotatable bonds is 7. The molecule has 1 unspecified atom stereocenters. The molecule has 2 atom stereocenters. The molecule has 22 heavy (non-hydrogen) atoms. The molecule has 0 bridgehead atoms. The zero-order valence-corrected chi connectivity index (χ0v) is 14.3. The van der Waals surface area contributed by atoms with Gasteiger partial charge >= 0.3 is 17.9 Å². The number of carbonyl (C=O) groups excluding carboxylic acids is 3. The fourth-order valence-electron chi connectivity index (χ4n) is 1.15. The summed E-state index contributed by atoms with van der Waals surface area (Å²) in [7, 11) is -2.87. The second-order valence-electron chi connectivity index (χ2n) is 4.23. The Morgan fingerprint density at radius 2 is 1.73 bits per heavy atom. The molecule has 0 aromatic rings. The summed E-state index contributed by atoms with van der Waals surface area (Å²) in [6, 6.07) is 0. The van der Waals surface area contributed by atoms with E-state index < -0.39 is 31.4 Å². The van der Waals surface area contributed by atoms with Crippen molar-refractivity contribution in [3.8, 4) is 0 Å². The lowest BCUT2D eigenvalue weighted by molar-refractivity contribution is -0.156. The highest BCUT2D eigenvalue weighted by atomic mass is 31.2. The van der Waals surface area contributed by atoms with Crippen LogP contribution in [0.1, 0.15) is 27.7 Å². The molecule has 2 N–H and O–H groups in total. The standard InChI is InChI=1S/C8H18NO5P.C4H6O3/c1-4-13-8(10)7(2)14-15(3,12)6-5-9-11;1-3(5)7-4(2)6/h7,9,11H,4-6H2,1-3H3;1-2H3/t7-,15?;/m0./s1. The Morgan fingerprint density at radius 3 is 2.05 bits per heavy atom. The van der Waals surface area contributed by atoms with Gasteiger partial charge < -0.3 is 19.2 Å². The molecule has 0 aliphatic carbocycles. The van der Waals surface area contributed by atoms with Gasteiger partial charge in [-0.05, 0) is 13.8 Å². The maximum atomic E-state index is 11.7. The van der Waals surface area contributed by atoms with E-state index in [0.29, 0.717) is 0 Å². The highest BCUT2D eigenvalue weighted by molar-refractivity contribution is 7.58. The third-order valence-corrected chi connectivity index (χ3v) is 3.72. The average molecular weight is 341 g/mol. The van der Waals surface area contributed by atoms with Crippen molar-refractivity contribution in [2.24, 2.45) is 0 Å². The van der Waals surface area contributed by atoms with Crippen LogP contribution in [0.5, 0.6) is 0 Å². The number of esters is 3. The molecule has 0 fully saturated rings. The maximum Gasteiger partial charge on any atom is 0.335 e. The van der Waals surface area contributed by atoms with Gasteiger partial charge in [0, 0.05) is 33.2 Å². The molecular formula is C12H24NO8P. The first-order valence-corrected chi connectivity index (χ1v) is 8.79. The van der Waals surface area contributed by atoms with E-state index >= 15 is 0 Å². The van der Waals surface area contributed by atoms with Gasteiger partial charge in [-0.2, -0.15) is 0 Å². The Kier molecular flexibility index (Phi) is 12.8. The van der Waals surface area contributed by atoms with E-state index in [0.717, 1.165) is 0 Å². The van der Waals surface area contributed by atoms with Crippen LogP contribution in [0, 0.1) is 0 Å². The minimum atomic E-state index is -2.87. The van der Waals surface area contributed by atoms with Crippen molar-refractivity contribution in [3.63, 3.8) is 0 Å². The van der Waals surface area contributed by atoms with Crippen LogP contribution >= 0.6 is 7.37 Å². The zero-order chi connectivity index (χ0) is 17.8. The molecule has 130 valence electrons. The smallest absolute Gasteiger partial charge is 0.335 e. The van der Waals surface area contributed by atoms with Crippen molar-refractivity contribution in [1.29, 1.82) is 0 Å². The number of ether oxygens (including phenoxy) is 2. The molecule has 0 amide bonds.